The number of aromatic nitrogens is 5. The average molecular weight is 489 g/mol. The Morgan fingerprint density at radius 1 is 1.00 bits per heavy atom. The number of fused-ring (bicyclic) bond motifs is 1. The highest BCUT2D eigenvalue weighted by Gasteiger charge is 2.22. The van der Waals surface area contributed by atoms with Crippen LogP contribution in [0.2, 0.25) is 0 Å². The molecule has 8 nitrogen and oxygen atoms in total. The van der Waals surface area contributed by atoms with Crippen molar-refractivity contribution in [1.82, 2.24) is 29.8 Å². The fraction of sp³-hybridized carbons (Fsp3) is 0.462. The van der Waals surface area contributed by atoms with Gasteiger partial charge in [-0.2, -0.15) is 21.3 Å². The summed E-state index contributed by atoms with van der Waals surface area (Å²) in [5.74, 6) is 2.12. The standard InChI is InChI=1S/C26H32N8S/c1-2-4-21(3-1)34-17-31-23-24(29-15-19-5-6-22(28-14-19)20-9-12-35-16-20)32-26(33-25(23)34)30-13-18-7-10-27-11-8-18/h5-6,9,12,14,16-18,21,27H,1-4,7-8,10-11,13,15H2,(H2,29,30,32,33). The third-order valence-electron chi connectivity index (χ3n) is 7.25. The predicted octanol–water partition coefficient (Wildman–Crippen LogP) is 5.09. The molecule has 5 heterocycles. The molecule has 0 atom stereocenters. The van der Waals surface area contributed by atoms with Crippen molar-refractivity contribution in [3.8, 4) is 11.3 Å². The first-order chi connectivity index (χ1) is 17.3. The normalized spacial score (nSPS) is 17.3. The molecule has 4 aromatic heterocycles. The van der Waals surface area contributed by atoms with E-state index in [0.717, 1.165) is 53.4 Å². The number of hydrogen-bond acceptors (Lipinski definition) is 8. The van der Waals surface area contributed by atoms with Crippen molar-refractivity contribution in [3.05, 3.63) is 47.0 Å². The van der Waals surface area contributed by atoms with Crippen molar-refractivity contribution < 1.29 is 0 Å². The minimum atomic E-state index is 0.480. The van der Waals surface area contributed by atoms with Gasteiger partial charge in [-0.1, -0.05) is 18.9 Å². The largest absolute Gasteiger partial charge is 0.364 e. The number of nitrogens with one attached hydrogen (secondary N) is 3. The first kappa shape index (κ1) is 22.4. The smallest absolute Gasteiger partial charge is 0.226 e. The van der Waals surface area contributed by atoms with Gasteiger partial charge in [-0.15, -0.1) is 0 Å². The van der Waals surface area contributed by atoms with Crippen molar-refractivity contribution in [2.45, 2.75) is 51.1 Å². The molecule has 0 radical (unpaired) electrons. The van der Waals surface area contributed by atoms with Crippen LogP contribution in [0.4, 0.5) is 11.8 Å². The molecular weight excluding hydrogens is 456 g/mol. The van der Waals surface area contributed by atoms with E-state index in [4.69, 9.17) is 15.0 Å². The summed E-state index contributed by atoms with van der Waals surface area (Å²) in [5.41, 5.74) is 5.03. The van der Waals surface area contributed by atoms with Crippen LogP contribution in [0.25, 0.3) is 22.4 Å². The first-order valence-electron chi connectivity index (χ1n) is 12.7. The molecule has 9 heteroatoms. The van der Waals surface area contributed by atoms with Gasteiger partial charge in [0.25, 0.3) is 0 Å². The second-order valence-corrected chi connectivity index (χ2v) is 10.4. The third kappa shape index (κ3) is 5.01. The van der Waals surface area contributed by atoms with E-state index in [-0.39, 0.29) is 0 Å². The van der Waals surface area contributed by atoms with Gasteiger partial charge < -0.3 is 20.5 Å². The fourth-order valence-corrected chi connectivity index (χ4v) is 5.84. The first-order valence-corrected chi connectivity index (χ1v) is 13.7. The van der Waals surface area contributed by atoms with Crippen LogP contribution in [-0.4, -0.2) is 44.1 Å². The second-order valence-electron chi connectivity index (χ2n) is 9.65. The van der Waals surface area contributed by atoms with Gasteiger partial charge >= 0.3 is 0 Å². The molecule has 0 spiro atoms. The van der Waals surface area contributed by atoms with Crippen molar-refractivity contribution in [2.24, 2.45) is 5.92 Å². The summed E-state index contributed by atoms with van der Waals surface area (Å²) in [5, 5.41) is 14.7. The van der Waals surface area contributed by atoms with E-state index in [1.807, 2.05) is 12.5 Å². The molecule has 1 saturated carbocycles. The zero-order valence-corrected chi connectivity index (χ0v) is 20.7. The van der Waals surface area contributed by atoms with Crippen LogP contribution in [0.5, 0.6) is 0 Å². The Hall–Kier alpha value is -3.04. The van der Waals surface area contributed by atoms with E-state index >= 15 is 0 Å². The predicted molar refractivity (Wildman–Crippen MR) is 142 cm³/mol. The van der Waals surface area contributed by atoms with Crippen LogP contribution in [0.1, 0.15) is 50.1 Å². The number of imidazole rings is 1. The summed E-state index contributed by atoms with van der Waals surface area (Å²) in [6, 6.07) is 6.78. The molecular formula is C26H32N8S. The van der Waals surface area contributed by atoms with Gasteiger partial charge in [0.2, 0.25) is 5.95 Å². The quantitative estimate of drug-likeness (QED) is 0.318. The fourth-order valence-electron chi connectivity index (χ4n) is 5.19. The summed E-state index contributed by atoms with van der Waals surface area (Å²) in [7, 11) is 0. The summed E-state index contributed by atoms with van der Waals surface area (Å²) in [4.78, 5) is 19.2. The Morgan fingerprint density at radius 3 is 2.66 bits per heavy atom. The van der Waals surface area contributed by atoms with Gasteiger partial charge in [0.1, 0.15) is 0 Å². The highest BCUT2D eigenvalue weighted by Crippen LogP contribution is 2.33. The van der Waals surface area contributed by atoms with Gasteiger partial charge in [-0.3, -0.25) is 4.98 Å². The van der Waals surface area contributed by atoms with E-state index in [2.05, 4.69) is 54.5 Å². The van der Waals surface area contributed by atoms with E-state index in [1.165, 1.54) is 38.5 Å². The summed E-state index contributed by atoms with van der Waals surface area (Å²) < 4.78 is 2.27. The Balaban J connectivity index is 1.23. The topological polar surface area (TPSA) is 92.6 Å². The molecule has 0 unspecified atom stereocenters. The molecule has 4 aromatic rings. The van der Waals surface area contributed by atoms with Crippen molar-refractivity contribution in [3.63, 3.8) is 0 Å². The average Bonchev–Trinajstić information content (AvgIpc) is 3.69. The molecule has 2 fully saturated rings. The van der Waals surface area contributed by atoms with Gasteiger partial charge in [0.05, 0.1) is 12.0 Å². The Kier molecular flexibility index (Phi) is 6.60. The van der Waals surface area contributed by atoms with Gasteiger partial charge in [-0.25, -0.2) is 4.98 Å². The van der Waals surface area contributed by atoms with Crippen molar-refractivity contribution in [1.29, 1.82) is 0 Å². The number of thiophene rings is 1. The van der Waals surface area contributed by atoms with Crippen molar-refractivity contribution >= 4 is 34.3 Å². The van der Waals surface area contributed by atoms with E-state index in [9.17, 15) is 0 Å². The van der Waals surface area contributed by atoms with Crippen LogP contribution >= 0.6 is 11.3 Å². The summed E-state index contributed by atoms with van der Waals surface area (Å²) >= 11 is 1.69. The highest BCUT2D eigenvalue weighted by atomic mass is 32.1. The number of piperidine rings is 1. The minimum absolute atomic E-state index is 0.480. The monoisotopic (exact) mass is 488 g/mol. The molecule has 3 N–H and O–H groups in total. The maximum absolute atomic E-state index is 4.93. The zero-order valence-electron chi connectivity index (χ0n) is 19.9. The molecule has 0 bridgehead atoms. The summed E-state index contributed by atoms with van der Waals surface area (Å²) in [6.45, 7) is 3.71. The Bertz CT molecular complexity index is 1240. The molecule has 1 aliphatic carbocycles. The van der Waals surface area contributed by atoms with Crippen LogP contribution < -0.4 is 16.0 Å². The number of pyridine rings is 1. The van der Waals surface area contributed by atoms with Crippen LogP contribution in [0.3, 0.4) is 0 Å². The van der Waals surface area contributed by atoms with E-state index in [1.54, 1.807) is 11.3 Å². The van der Waals surface area contributed by atoms with Crippen LogP contribution in [-0.2, 0) is 6.54 Å². The lowest BCUT2D eigenvalue weighted by molar-refractivity contribution is 0.389. The lowest BCUT2D eigenvalue weighted by atomic mass is 9.98. The second kappa shape index (κ2) is 10.3. The number of nitrogens with zero attached hydrogens (tertiary/aromatic N) is 5. The molecule has 1 aliphatic heterocycles. The molecule has 35 heavy (non-hydrogen) atoms. The molecule has 0 amide bonds. The molecule has 6 rings (SSSR count). The lowest BCUT2D eigenvalue weighted by Gasteiger charge is -2.23. The van der Waals surface area contributed by atoms with Gasteiger partial charge in [0, 0.05) is 36.3 Å². The minimum Gasteiger partial charge on any atom is -0.364 e. The van der Waals surface area contributed by atoms with E-state index < -0.39 is 0 Å². The molecule has 1 saturated heterocycles. The number of hydrogen-bond donors (Lipinski definition) is 3. The molecule has 2 aliphatic rings. The SMILES string of the molecule is c1cc(-c2ccc(CNc3nc(NCC4CCNCC4)nc4c3ncn4C3CCCC3)cn2)cs1. The summed E-state index contributed by atoms with van der Waals surface area (Å²) in [6.07, 6.45) is 11.2. The number of rotatable bonds is 8. The van der Waals surface area contributed by atoms with Crippen LogP contribution in [0, 0.1) is 5.92 Å². The van der Waals surface area contributed by atoms with Crippen LogP contribution in [0.15, 0.2) is 41.5 Å². The lowest BCUT2D eigenvalue weighted by Crippen LogP contribution is -2.31. The van der Waals surface area contributed by atoms with Gasteiger partial charge in [-0.05, 0) is 67.8 Å². The maximum atomic E-state index is 4.93. The van der Waals surface area contributed by atoms with E-state index in [0.29, 0.717) is 24.5 Å². The molecule has 0 aromatic carbocycles. The molecule has 182 valence electrons. The maximum Gasteiger partial charge on any atom is 0.226 e. The van der Waals surface area contributed by atoms with Crippen molar-refractivity contribution in [2.75, 3.05) is 30.3 Å². The Morgan fingerprint density at radius 2 is 1.89 bits per heavy atom. The highest BCUT2D eigenvalue weighted by molar-refractivity contribution is 7.08. The van der Waals surface area contributed by atoms with Gasteiger partial charge in [0.15, 0.2) is 17.0 Å². The third-order valence-corrected chi connectivity index (χ3v) is 7.93. The Labute approximate surface area is 209 Å². The number of anilines is 2. The zero-order chi connectivity index (χ0) is 23.5.